The van der Waals surface area contributed by atoms with Gasteiger partial charge in [0.2, 0.25) is 0 Å². The van der Waals surface area contributed by atoms with Crippen LogP contribution in [0.1, 0.15) is 57.1 Å². The first-order valence-electron chi connectivity index (χ1n) is 9.72. The number of aromatic nitrogens is 1. The van der Waals surface area contributed by atoms with E-state index in [-0.39, 0.29) is 5.60 Å². The van der Waals surface area contributed by atoms with Crippen LogP contribution in [0.3, 0.4) is 0 Å². The molecule has 3 atom stereocenters. The van der Waals surface area contributed by atoms with Crippen molar-refractivity contribution in [3.8, 4) is 5.75 Å². The molecule has 136 valence electrons. The molecule has 5 rings (SSSR count). The Hall–Kier alpha value is -2.00. The summed E-state index contributed by atoms with van der Waals surface area (Å²) in [6.07, 6.45) is 2.64. The van der Waals surface area contributed by atoms with E-state index in [1.165, 1.54) is 32.9 Å². The molecular formula is C23H27NO2. The largest absolute Gasteiger partial charge is 0.487 e. The molecule has 3 nitrogen and oxygen atoms in total. The summed E-state index contributed by atoms with van der Waals surface area (Å²) < 4.78 is 6.59. The van der Waals surface area contributed by atoms with Crippen molar-refractivity contribution in [1.82, 2.24) is 4.98 Å². The zero-order valence-corrected chi connectivity index (χ0v) is 16.0. The van der Waals surface area contributed by atoms with Gasteiger partial charge in [0.05, 0.1) is 11.1 Å². The van der Waals surface area contributed by atoms with Gasteiger partial charge >= 0.3 is 0 Å². The smallest absolute Gasteiger partial charge is 0.128 e. The van der Waals surface area contributed by atoms with Crippen molar-refractivity contribution >= 4 is 21.8 Å². The number of rotatable bonds is 0. The second-order valence-electron chi connectivity index (χ2n) is 9.19. The Bertz CT molecular complexity index is 1030. The molecule has 0 radical (unpaired) electrons. The summed E-state index contributed by atoms with van der Waals surface area (Å²) in [5.41, 5.74) is 4.01. The first-order chi connectivity index (χ1) is 12.3. The molecule has 1 fully saturated rings. The van der Waals surface area contributed by atoms with Gasteiger partial charge in [-0.3, -0.25) is 0 Å². The summed E-state index contributed by atoms with van der Waals surface area (Å²) in [6.45, 7) is 8.56. The molecule has 1 saturated carbocycles. The topological polar surface area (TPSA) is 45.2 Å². The predicted molar refractivity (Wildman–Crippen MR) is 106 cm³/mol. The number of aromatic amines is 1. The maximum atomic E-state index is 10.8. The van der Waals surface area contributed by atoms with Crippen LogP contribution >= 0.6 is 0 Å². The van der Waals surface area contributed by atoms with Crippen molar-refractivity contribution in [2.75, 3.05) is 0 Å². The second-order valence-corrected chi connectivity index (χ2v) is 9.19. The van der Waals surface area contributed by atoms with Crippen molar-refractivity contribution in [2.24, 2.45) is 5.92 Å². The normalized spacial score (nSPS) is 30.0. The summed E-state index contributed by atoms with van der Waals surface area (Å²) in [7, 11) is 0. The molecule has 26 heavy (non-hydrogen) atoms. The van der Waals surface area contributed by atoms with Crippen LogP contribution in [-0.4, -0.2) is 21.3 Å². The van der Waals surface area contributed by atoms with Gasteiger partial charge in [-0.25, -0.2) is 0 Å². The number of hydrogen-bond donors (Lipinski definition) is 2. The summed E-state index contributed by atoms with van der Waals surface area (Å²) >= 11 is 0. The van der Waals surface area contributed by atoms with Gasteiger partial charge in [-0.1, -0.05) is 18.2 Å². The van der Waals surface area contributed by atoms with Gasteiger partial charge in [-0.05, 0) is 70.6 Å². The summed E-state index contributed by atoms with van der Waals surface area (Å²) in [5, 5.41) is 13.4. The Morgan fingerprint density at radius 2 is 1.92 bits per heavy atom. The quantitative estimate of drug-likeness (QED) is 0.568. The van der Waals surface area contributed by atoms with Gasteiger partial charge in [-0.15, -0.1) is 0 Å². The van der Waals surface area contributed by atoms with Crippen molar-refractivity contribution < 1.29 is 9.84 Å². The highest BCUT2D eigenvalue weighted by atomic mass is 16.5. The number of hydrogen-bond acceptors (Lipinski definition) is 2. The van der Waals surface area contributed by atoms with Crippen LogP contribution in [0.4, 0.5) is 0 Å². The van der Waals surface area contributed by atoms with Crippen molar-refractivity contribution in [3.63, 3.8) is 0 Å². The Morgan fingerprint density at radius 3 is 2.73 bits per heavy atom. The molecule has 1 aliphatic carbocycles. The molecule has 0 bridgehead atoms. The fraction of sp³-hybridized carbons (Fsp3) is 0.478. The molecule has 2 aromatic carbocycles. The average molecular weight is 349 g/mol. The monoisotopic (exact) mass is 349 g/mol. The van der Waals surface area contributed by atoms with Gasteiger partial charge in [0.25, 0.3) is 0 Å². The van der Waals surface area contributed by atoms with Crippen LogP contribution < -0.4 is 4.74 Å². The highest BCUT2D eigenvalue weighted by molar-refractivity contribution is 6.09. The van der Waals surface area contributed by atoms with Crippen LogP contribution in [0.15, 0.2) is 30.3 Å². The fourth-order valence-electron chi connectivity index (χ4n) is 5.48. The van der Waals surface area contributed by atoms with Crippen molar-refractivity contribution in [3.05, 3.63) is 41.5 Å². The van der Waals surface area contributed by atoms with Gasteiger partial charge in [0, 0.05) is 27.8 Å². The van der Waals surface area contributed by atoms with Gasteiger partial charge < -0.3 is 14.8 Å². The highest BCUT2D eigenvalue weighted by Gasteiger charge is 2.50. The number of benzene rings is 2. The minimum absolute atomic E-state index is 0.210. The number of H-pyrrole nitrogens is 1. The molecule has 0 spiro atoms. The number of fused-ring (bicyclic) bond motifs is 7. The molecular weight excluding hydrogens is 322 g/mol. The van der Waals surface area contributed by atoms with E-state index < -0.39 is 5.60 Å². The van der Waals surface area contributed by atoms with E-state index in [2.05, 4.69) is 56.1 Å². The molecule has 0 saturated heterocycles. The number of para-hydroxylation sites is 1. The minimum Gasteiger partial charge on any atom is -0.487 e. The third-order valence-corrected chi connectivity index (χ3v) is 6.75. The highest BCUT2D eigenvalue weighted by Crippen LogP contribution is 2.56. The Morgan fingerprint density at radius 1 is 1.15 bits per heavy atom. The summed E-state index contributed by atoms with van der Waals surface area (Å²) in [6, 6.07) is 10.7. The van der Waals surface area contributed by atoms with Gasteiger partial charge in [0.1, 0.15) is 11.4 Å². The van der Waals surface area contributed by atoms with Crippen LogP contribution in [0.25, 0.3) is 21.8 Å². The SMILES string of the molecule is Cc1cc2c([nH]c3ccccc32)c2c1OC(C)(C)[C@@H]1CC[C@@](C)(O)C[C@@H]21. The molecule has 2 N–H and O–H groups in total. The van der Waals surface area contributed by atoms with Gasteiger partial charge in [-0.2, -0.15) is 0 Å². The number of ether oxygens (including phenoxy) is 1. The van der Waals surface area contributed by atoms with E-state index in [1.807, 2.05) is 6.92 Å². The van der Waals surface area contributed by atoms with Crippen molar-refractivity contribution in [1.29, 1.82) is 0 Å². The molecule has 2 heterocycles. The van der Waals surface area contributed by atoms with Crippen LogP contribution in [0, 0.1) is 12.8 Å². The molecule has 2 aliphatic rings. The van der Waals surface area contributed by atoms with E-state index in [0.717, 1.165) is 25.0 Å². The Labute approximate surface area is 154 Å². The lowest BCUT2D eigenvalue weighted by Gasteiger charge is -2.51. The predicted octanol–water partition coefficient (Wildman–Crippen LogP) is 5.44. The first kappa shape index (κ1) is 16.2. The van der Waals surface area contributed by atoms with Crippen LogP contribution in [0.5, 0.6) is 5.75 Å². The van der Waals surface area contributed by atoms with Gasteiger partial charge in [0.15, 0.2) is 0 Å². The summed E-state index contributed by atoms with van der Waals surface area (Å²) in [5.74, 6) is 1.76. The zero-order chi connectivity index (χ0) is 18.3. The Kier molecular flexibility index (Phi) is 3.14. The van der Waals surface area contributed by atoms with E-state index >= 15 is 0 Å². The second kappa shape index (κ2) is 5.04. The first-order valence-corrected chi connectivity index (χ1v) is 9.72. The lowest BCUT2D eigenvalue weighted by Crippen LogP contribution is -2.50. The standard InChI is InChI=1S/C23H27NO2/c1-13-11-15-14-7-5-6-8-18(14)24-20(15)19-16-12-23(4,25)10-9-17(16)22(2,3)26-21(13)19/h5-8,11,16-17,24-25H,9-10,12H2,1-4H3/t16-,17-,23-/m1/s1. The van der Waals surface area contributed by atoms with E-state index in [1.54, 1.807) is 0 Å². The maximum absolute atomic E-state index is 10.8. The molecule has 1 aromatic heterocycles. The third kappa shape index (κ3) is 2.16. The Balaban J connectivity index is 1.84. The van der Waals surface area contributed by atoms with E-state index in [0.29, 0.717) is 11.8 Å². The molecule has 3 heteroatoms. The third-order valence-electron chi connectivity index (χ3n) is 6.75. The lowest BCUT2D eigenvalue weighted by molar-refractivity contribution is -0.0652. The fourth-order valence-corrected chi connectivity index (χ4v) is 5.48. The lowest BCUT2D eigenvalue weighted by atomic mass is 9.62. The molecule has 0 unspecified atom stereocenters. The minimum atomic E-state index is -0.603. The van der Waals surface area contributed by atoms with E-state index in [9.17, 15) is 5.11 Å². The molecule has 1 aliphatic heterocycles. The van der Waals surface area contributed by atoms with Crippen molar-refractivity contribution in [2.45, 2.75) is 64.1 Å². The molecule has 0 amide bonds. The number of aliphatic hydroxyl groups is 1. The zero-order valence-electron chi connectivity index (χ0n) is 16.0. The maximum Gasteiger partial charge on any atom is 0.128 e. The number of nitrogens with one attached hydrogen (secondary N) is 1. The van der Waals surface area contributed by atoms with Crippen LogP contribution in [-0.2, 0) is 0 Å². The average Bonchev–Trinajstić information content (AvgIpc) is 2.92. The van der Waals surface area contributed by atoms with Crippen LogP contribution in [0.2, 0.25) is 0 Å². The summed E-state index contributed by atoms with van der Waals surface area (Å²) in [4.78, 5) is 3.66. The van der Waals surface area contributed by atoms with E-state index in [4.69, 9.17) is 4.74 Å². The molecule has 3 aromatic rings. The number of aryl methyl sites for hydroxylation is 1.